The van der Waals surface area contributed by atoms with Gasteiger partial charge in [0.2, 0.25) is 10.0 Å². The molecule has 0 N–H and O–H groups in total. The van der Waals surface area contributed by atoms with Crippen molar-refractivity contribution in [3.8, 4) is 5.75 Å². The molecule has 3 aromatic rings. The molecule has 1 aliphatic rings. The molecule has 202 valence electrons. The fraction of sp³-hybridized carbons (Fsp3) is 0.462. The number of rotatable bonds is 9. The summed E-state index contributed by atoms with van der Waals surface area (Å²) < 4.78 is 34.2. The topological polar surface area (TPSA) is 83.0 Å². The maximum atomic E-state index is 13.6. The van der Waals surface area contributed by atoms with Crippen LogP contribution in [0.2, 0.25) is 0 Å². The van der Waals surface area contributed by atoms with Crippen LogP contribution in [0.25, 0.3) is 10.2 Å². The number of para-hydroxylation sites is 1. The average Bonchev–Trinajstić information content (AvgIpc) is 3.30. The summed E-state index contributed by atoms with van der Waals surface area (Å²) in [6.45, 7) is 4.46. The van der Waals surface area contributed by atoms with E-state index in [0.717, 1.165) is 36.0 Å². The number of ether oxygens (including phenoxy) is 1. The second-order valence-corrected chi connectivity index (χ2v) is 12.5. The van der Waals surface area contributed by atoms with E-state index in [1.165, 1.54) is 11.3 Å². The second kappa shape index (κ2) is 12.5. The molecule has 1 atom stereocenters. The number of carbonyl (C=O) groups is 1. The van der Waals surface area contributed by atoms with Gasteiger partial charge in [0.25, 0.3) is 5.91 Å². The second-order valence-electron chi connectivity index (χ2n) is 9.55. The van der Waals surface area contributed by atoms with Crippen LogP contribution in [-0.2, 0) is 10.0 Å². The van der Waals surface area contributed by atoms with Gasteiger partial charge < -0.3 is 9.64 Å². The number of nitrogens with zero attached hydrogens (tertiary/aromatic N) is 4. The Labute approximate surface area is 229 Å². The van der Waals surface area contributed by atoms with E-state index >= 15 is 0 Å². The van der Waals surface area contributed by atoms with Gasteiger partial charge in [-0.15, -0.1) is 12.4 Å². The first-order chi connectivity index (χ1) is 17.2. The summed E-state index contributed by atoms with van der Waals surface area (Å²) in [5.74, 6) is 0.803. The lowest BCUT2D eigenvalue weighted by atomic mass is 10.0. The lowest BCUT2D eigenvalue weighted by Crippen LogP contribution is -2.39. The van der Waals surface area contributed by atoms with Crippen molar-refractivity contribution in [2.45, 2.75) is 31.1 Å². The van der Waals surface area contributed by atoms with Gasteiger partial charge in [0.1, 0.15) is 11.3 Å². The highest BCUT2D eigenvalue weighted by atomic mass is 35.5. The van der Waals surface area contributed by atoms with Crippen LogP contribution in [0.15, 0.2) is 47.4 Å². The zero-order valence-corrected chi connectivity index (χ0v) is 24.2. The Morgan fingerprint density at radius 3 is 2.54 bits per heavy atom. The van der Waals surface area contributed by atoms with Gasteiger partial charge in [-0.05, 0) is 82.2 Å². The van der Waals surface area contributed by atoms with Gasteiger partial charge in [-0.2, -0.15) is 4.31 Å². The number of hydrogen-bond donors (Lipinski definition) is 0. The van der Waals surface area contributed by atoms with Crippen LogP contribution in [0.5, 0.6) is 5.75 Å². The SMILES string of the molecule is COc1cccc2sc(N(CCCN(C)C)C(=O)c3ccc(S(=O)(=O)N4CCCC(C)C4)cc3)nc12.Cl. The third-order valence-electron chi connectivity index (χ3n) is 6.41. The highest BCUT2D eigenvalue weighted by molar-refractivity contribution is 7.89. The number of anilines is 1. The third kappa shape index (κ3) is 6.61. The molecule has 2 heterocycles. The van der Waals surface area contributed by atoms with E-state index in [1.54, 1.807) is 40.6 Å². The molecule has 1 saturated heterocycles. The molecule has 1 aliphatic heterocycles. The smallest absolute Gasteiger partial charge is 0.260 e. The number of benzene rings is 2. The van der Waals surface area contributed by atoms with E-state index in [1.807, 2.05) is 32.3 Å². The minimum Gasteiger partial charge on any atom is -0.494 e. The average molecular weight is 567 g/mol. The fourth-order valence-electron chi connectivity index (χ4n) is 4.46. The van der Waals surface area contributed by atoms with E-state index in [9.17, 15) is 13.2 Å². The molecule has 0 aliphatic carbocycles. The Bertz CT molecular complexity index is 1310. The lowest BCUT2D eigenvalue weighted by Gasteiger charge is -2.30. The molecule has 1 aromatic heterocycles. The number of carbonyl (C=O) groups excluding carboxylic acids is 1. The van der Waals surface area contributed by atoms with Crippen molar-refractivity contribution in [3.63, 3.8) is 0 Å². The zero-order valence-electron chi connectivity index (χ0n) is 21.7. The molecular formula is C26H35ClN4O4S2. The van der Waals surface area contributed by atoms with Crippen LogP contribution in [0.3, 0.4) is 0 Å². The molecule has 4 rings (SSSR count). The summed E-state index contributed by atoms with van der Waals surface area (Å²) in [5, 5.41) is 0.595. The van der Waals surface area contributed by atoms with E-state index in [2.05, 4.69) is 11.8 Å². The van der Waals surface area contributed by atoms with Crippen LogP contribution in [0, 0.1) is 5.92 Å². The van der Waals surface area contributed by atoms with Gasteiger partial charge in [-0.25, -0.2) is 13.4 Å². The molecule has 0 radical (unpaired) electrons. The Kier molecular flexibility index (Phi) is 9.93. The standard InChI is InChI=1S/C26H34N4O4S2.ClH/c1-19-8-6-16-29(18-19)36(32,33)21-13-11-20(12-14-21)25(31)30(17-7-15-28(2)3)26-27-24-22(34-4)9-5-10-23(24)35-26;/h5,9-14,19H,6-8,15-18H2,1-4H3;1H. The van der Waals surface area contributed by atoms with Gasteiger partial charge in [-0.1, -0.05) is 24.3 Å². The fourth-order valence-corrected chi connectivity index (χ4v) is 7.07. The number of amides is 1. The summed E-state index contributed by atoms with van der Waals surface area (Å²) in [6, 6.07) is 12.0. The maximum absolute atomic E-state index is 13.6. The van der Waals surface area contributed by atoms with Crippen molar-refractivity contribution in [3.05, 3.63) is 48.0 Å². The van der Waals surface area contributed by atoms with Gasteiger partial charge in [0.15, 0.2) is 5.13 Å². The lowest BCUT2D eigenvalue weighted by molar-refractivity contribution is 0.0986. The quantitative estimate of drug-likeness (QED) is 0.372. The minimum atomic E-state index is -3.58. The van der Waals surface area contributed by atoms with Crippen molar-refractivity contribution in [1.29, 1.82) is 0 Å². The van der Waals surface area contributed by atoms with Crippen LogP contribution in [0.1, 0.15) is 36.5 Å². The predicted molar refractivity (Wildman–Crippen MR) is 152 cm³/mol. The summed E-state index contributed by atoms with van der Waals surface area (Å²) in [5.41, 5.74) is 1.15. The molecule has 37 heavy (non-hydrogen) atoms. The molecule has 1 unspecified atom stereocenters. The van der Waals surface area contributed by atoms with Crippen molar-refractivity contribution in [2.75, 3.05) is 52.3 Å². The number of thiazole rings is 1. The van der Waals surface area contributed by atoms with E-state index in [4.69, 9.17) is 9.72 Å². The monoisotopic (exact) mass is 566 g/mol. The first-order valence-electron chi connectivity index (χ1n) is 12.2. The van der Waals surface area contributed by atoms with E-state index in [-0.39, 0.29) is 23.2 Å². The first-order valence-corrected chi connectivity index (χ1v) is 14.5. The number of fused-ring (bicyclic) bond motifs is 1. The molecule has 1 amide bonds. The molecule has 0 spiro atoms. The molecule has 11 heteroatoms. The summed E-state index contributed by atoms with van der Waals surface area (Å²) >= 11 is 1.44. The number of methoxy groups -OCH3 is 1. The molecular weight excluding hydrogens is 532 g/mol. The van der Waals surface area contributed by atoms with Gasteiger partial charge in [0, 0.05) is 25.2 Å². The van der Waals surface area contributed by atoms with Crippen molar-refractivity contribution in [1.82, 2.24) is 14.2 Å². The van der Waals surface area contributed by atoms with Crippen LogP contribution < -0.4 is 9.64 Å². The highest BCUT2D eigenvalue weighted by Crippen LogP contribution is 2.35. The Morgan fingerprint density at radius 1 is 1.16 bits per heavy atom. The van der Waals surface area contributed by atoms with Crippen molar-refractivity contribution < 1.29 is 17.9 Å². The molecule has 0 saturated carbocycles. The Morgan fingerprint density at radius 2 is 1.89 bits per heavy atom. The molecule has 1 fully saturated rings. The Hall–Kier alpha value is -2.24. The third-order valence-corrected chi connectivity index (χ3v) is 9.34. The summed E-state index contributed by atoms with van der Waals surface area (Å²) in [7, 11) is 2.02. The number of halogens is 1. The highest BCUT2D eigenvalue weighted by Gasteiger charge is 2.29. The van der Waals surface area contributed by atoms with Gasteiger partial charge >= 0.3 is 0 Å². The van der Waals surface area contributed by atoms with Crippen LogP contribution in [-0.4, -0.2) is 75.9 Å². The Balaban J connectivity index is 0.00000380. The van der Waals surface area contributed by atoms with Crippen molar-refractivity contribution in [2.24, 2.45) is 5.92 Å². The van der Waals surface area contributed by atoms with Crippen LogP contribution in [0.4, 0.5) is 5.13 Å². The zero-order chi connectivity index (χ0) is 25.9. The maximum Gasteiger partial charge on any atom is 0.260 e. The van der Waals surface area contributed by atoms with Gasteiger partial charge in [-0.3, -0.25) is 9.69 Å². The molecule has 0 bridgehead atoms. The molecule has 2 aromatic carbocycles. The van der Waals surface area contributed by atoms with Gasteiger partial charge in [0.05, 0.1) is 16.7 Å². The largest absolute Gasteiger partial charge is 0.494 e. The summed E-state index contributed by atoms with van der Waals surface area (Å²) in [6.07, 6.45) is 2.68. The number of hydrogen-bond acceptors (Lipinski definition) is 7. The number of piperidine rings is 1. The minimum absolute atomic E-state index is 0. The van der Waals surface area contributed by atoms with E-state index in [0.29, 0.717) is 42.0 Å². The molecule has 8 nitrogen and oxygen atoms in total. The van der Waals surface area contributed by atoms with Crippen LogP contribution >= 0.6 is 23.7 Å². The van der Waals surface area contributed by atoms with E-state index < -0.39 is 10.0 Å². The normalized spacial score (nSPS) is 16.5. The summed E-state index contributed by atoms with van der Waals surface area (Å²) in [4.78, 5) is 22.4. The first kappa shape index (κ1) is 29.3. The number of aromatic nitrogens is 1. The number of sulfonamides is 1. The van der Waals surface area contributed by atoms with Crippen molar-refractivity contribution >= 4 is 55.0 Å². The predicted octanol–water partition coefficient (Wildman–Crippen LogP) is 4.75.